The van der Waals surface area contributed by atoms with Crippen LogP contribution >= 0.6 is 0 Å². The van der Waals surface area contributed by atoms with E-state index in [2.05, 4.69) is 0 Å². The second kappa shape index (κ2) is 4.80. The molecule has 1 aromatic carbocycles. The van der Waals surface area contributed by atoms with Crippen molar-refractivity contribution in [2.24, 2.45) is 0 Å². The van der Waals surface area contributed by atoms with Gasteiger partial charge in [-0.2, -0.15) is 0 Å². The molecule has 0 aliphatic rings. The molecule has 2 heteroatoms. The molecule has 0 bridgehead atoms. The first-order valence-corrected chi connectivity index (χ1v) is 4.84. The van der Waals surface area contributed by atoms with Crippen molar-refractivity contribution in [2.45, 2.75) is 13.8 Å². The predicted octanol–water partition coefficient (Wildman–Crippen LogP) is 2.23. The quantitative estimate of drug-likeness (QED) is 0.714. The van der Waals surface area contributed by atoms with E-state index in [4.69, 9.17) is 6.92 Å². The average Bonchev–Trinajstić information content (AvgIpc) is 2.20. The standard InChI is InChI=1S/C12H15NO/c1-4-13(5-2)12(14)11-9-7-6-8-10(11)3/h3,6-9H,4-5H2,1-2H3. The van der Waals surface area contributed by atoms with Gasteiger partial charge in [0.25, 0.3) is 5.91 Å². The highest BCUT2D eigenvalue weighted by molar-refractivity contribution is 5.95. The number of benzene rings is 1. The molecule has 0 saturated carbocycles. The third-order valence-corrected chi connectivity index (χ3v) is 2.24. The first kappa shape index (κ1) is 10.8. The SMILES string of the molecule is [CH]c1ccccc1C(=O)N(CC)CC. The van der Waals surface area contributed by atoms with Crippen LogP contribution in [0.25, 0.3) is 0 Å². The maximum Gasteiger partial charge on any atom is 0.254 e. The van der Waals surface area contributed by atoms with Crippen LogP contribution < -0.4 is 0 Å². The second-order valence-corrected chi connectivity index (χ2v) is 3.06. The van der Waals surface area contributed by atoms with Crippen LogP contribution in [0.4, 0.5) is 0 Å². The first-order chi connectivity index (χ1) is 6.70. The largest absolute Gasteiger partial charge is 0.339 e. The molecule has 0 N–H and O–H groups in total. The lowest BCUT2D eigenvalue weighted by atomic mass is 10.1. The lowest BCUT2D eigenvalue weighted by Gasteiger charge is -2.19. The molecule has 0 saturated heterocycles. The van der Waals surface area contributed by atoms with Gasteiger partial charge in [-0.1, -0.05) is 18.2 Å². The van der Waals surface area contributed by atoms with E-state index < -0.39 is 0 Å². The second-order valence-electron chi connectivity index (χ2n) is 3.06. The minimum atomic E-state index is 0.00750. The lowest BCUT2D eigenvalue weighted by Crippen LogP contribution is -2.30. The van der Waals surface area contributed by atoms with Crippen LogP contribution in [0.5, 0.6) is 0 Å². The van der Waals surface area contributed by atoms with Gasteiger partial charge in [0.2, 0.25) is 0 Å². The highest BCUT2D eigenvalue weighted by Gasteiger charge is 2.13. The van der Waals surface area contributed by atoms with Gasteiger partial charge in [0, 0.05) is 18.7 Å². The Balaban J connectivity index is 2.94. The third kappa shape index (κ3) is 2.13. The molecular weight excluding hydrogens is 174 g/mol. The zero-order valence-electron chi connectivity index (χ0n) is 8.66. The highest BCUT2D eigenvalue weighted by atomic mass is 16.2. The Morgan fingerprint density at radius 3 is 2.36 bits per heavy atom. The fourth-order valence-electron chi connectivity index (χ4n) is 1.37. The van der Waals surface area contributed by atoms with Gasteiger partial charge >= 0.3 is 0 Å². The molecule has 1 aromatic rings. The smallest absolute Gasteiger partial charge is 0.254 e. The van der Waals surface area contributed by atoms with E-state index >= 15 is 0 Å². The van der Waals surface area contributed by atoms with Gasteiger partial charge in [0.15, 0.2) is 0 Å². The third-order valence-electron chi connectivity index (χ3n) is 2.24. The number of carbonyl (C=O) groups excluding carboxylic acids is 1. The molecule has 0 atom stereocenters. The summed E-state index contributed by atoms with van der Waals surface area (Å²) >= 11 is 0. The summed E-state index contributed by atoms with van der Waals surface area (Å²) in [6, 6.07) is 7.16. The van der Waals surface area contributed by atoms with Crippen LogP contribution in [0, 0.1) is 6.92 Å². The molecule has 0 spiro atoms. The zero-order chi connectivity index (χ0) is 10.6. The predicted molar refractivity (Wildman–Crippen MR) is 57.1 cm³/mol. The molecule has 0 aliphatic carbocycles. The summed E-state index contributed by atoms with van der Waals surface area (Å²) in [6.07, 6.45) is 0. The molecule has 1 amide bonds. The van der Waals surface area contributed by atoms with Crippen LogP contribution in [0.3, 0.4) is 0 Å². The number of nitrogens with zero attached hydrogens (tertiary/aromatic N) is 1. The van der Waals surface area contributed by atoms with E-state index in [-0.39, 0.29) is 5.91 Å². The molecule has 0 fully saturated rings. The van der Waals surface area contributed by atoms with Gasteiger partial charge in [-0.3, -0.25) is 4.79 Å². The van der Waals surface area contributed by atoms with Crippen molar-refractivity contribution in [1.29, 1.82) is 0 Å². The molecule has 0 aromatic heterocycles. The van der Waals surface area contributed by atoms with E-state index in [0.29, 0.717) is 24.2 Å². The number of amides is 1. The van der Waals surface area contributed by atoms with Gasteiger partial charge in [-0.05, 0) is 32.4 Å². The summed E-state index contributed by atoms with van der Waals surface area (Å²) in [6.45, 7) is 11.1. The Bertz CT molecular complexity index is 316. The number of rotatable bonds is 3. The van der Waals surface area contributed by atoms with Crippen molar-refractivity contribution in [2.75, 3.05) is 13.1 Å². The molecular formula is C12H15NO. The minimum absolute atomic E-state index is 0.00750. The topological polar surface area (TPSA) is 20.3 Å². The molecule has 2 radical (unpaired) electrons. The Hall–Kier alpha value is -1.31. The van der Waals surface area contributed by atoms with Gasteiger partial charge in [0.05, 0.1) is 0 Å². The first-order valence-electron chi connectivity index (χ1n) is 4.84. The number of hydrogen-bond donors (Lipinski definition) is 0. The Labute approximate surface area is 85.5 Å². The lowest BCUT2D eigenvalue weighted by molar-refractivity contribution is 0.0772. The fraction of sp³-hybridized carbons (Fsp3) is 0.333. The number of carbonyl (C=O) groups is 1. The van der Waals surface area contributed by atoms with Gasteiger partial charge in [0.1, 0.15) is 0 Å². The van der Waals surface area contributed by atoms with Gasteiger partial charge < -0.3 is 4.90 Å². The van der Waals surface area contributed by atoms with E-state index in [9.17, 15) is 4.79 Å². The molecule has 1 rings (SSSR count). The van der Waals surface area contributed by atoms with Crippen LogP contribution in [0.2, 0.25) is 0 Å². The minimum Gasteiger partial charge on any atom is -0.339 e. The summed E-state index contributed by atoms with van der Waals surface area (Å²) < 4.78 is 0. The molecule has 0 unspecified atom stereocenters. The maximum atomic E-state index is 11.9. The highest BCUT2D eigenvalue weighted by Crippen LogP contribution is 2.10. The van der Waals surface area contributed by atoms with Gasteiger partial charge in [-0.25, -0.2) is 0 Å². The molecule has 14 heavy (non-hydrogen) atoms. The van der Waals surface area contributed by atoms with E-state index in [1.54, 1.807) is 17.0 Å². The Morgan fingerprint density at radius 2 is 1.86 bits per heavy atom. The van der Waals surface area contributed by atoms with Crippen molar-refractivity contribution in [3.63, 3.8) is 0 Å². The fourth-order valence-corrected chi connectivity index (χ4v) is 1.37. The van der Waals surface area contributed by atoms with E-state index in [1.807, 2.05) is 26.0 Å². The Kier molecular flexibility index (Phi) is 3.69. The monoisotopic (exact) mass is 189 g/mol. The molecule has 0 aliphatic heterocycles. The van der Waals surface area contributed by atoms with Crippen molar-refractivity contribution in [1.82, 2.24) is 4.90 Å². The van der Waals surface area contributed by atoms with Crippen molar-refractivity contribution in [3.05, 3.63) is 42.3 Å². The van der Waals surface area contributed by atoms with Gasteiger partial charge in [-0.15, -0.1) is 0 Å². The summed E-state index contributed by atoms with van der Waals surface area (Å²) in [5.74, 6) is 0.00750. The summed E-state index contributed by atoms with van der Waals surface area (Å²) in [5, 5.41) is 0. The van der Waals surface area contributed by atoms with Crippen molar-refractivity contribution < 1.29 is 4.79 Å². The molecule has 2 nitrogen and oxygen atoms in total. The van der Waals surface area contributed by atoms with E-state index in [1.165, 1.54) is 0 Å². The summed E-state index contributed by atoms with van der Waals surface area (Å²) in [5.41, 5.74) is 1.14. The van der Waals surface area contributed by atoms with Crippen LogP contribution in [0.1, 0.15) is 29.8 Å². The average molecular weight is 189 g/mol. The number of hydrogen-bond acceptors (Lipinski definition) is 1. The van der Waals surface area contributed by atoms with Crippen LogP contribution in [-0.4, -0.2) is 23.9 Å². The summed E-state index contributed by atoms with van der Waals surface area (Å²) in [4.78, 5) is 13.6. The van der Waals surface area contributed by atoms with Crippen molar-refractivity contribution >= 4 is 5.91 Å². The Morgan fingerprint density at radius 1 is 1.29 bits per heavy atom. The normalized spacial score (nSPS) is 9.93. The summed E-state index contributed by atoms with van der Waals surface area (Å²) in [7, 11) is 0. The molecule has 74 valence electrons. The van der Waals surface area contributed by atoms with Crippen LogP contribution in [0.15, 0.2) is 24.3 Å². The molecule has 0 heterocycles. The van der Waals surface area contributed by atoms with Crippen LogP contribution in [-0.2, 0) is 0 Å². The maximum absolute atomic E-state index is 11.9. The van der Waals surface area contributed by atoms with Crippen molar-refractivity contribution in [3.8, 4) is 0 Å². The van der Waals surface area contributed by atoms with E-state index in [0.717, 1.165) is 0 Å². The zero-order valence-corrected chi connectivity index (χ0v) is 8.66.